The van der Waals surface area contributed by atoms with Crippen LogP contribution in [0.2, 0.25) is 5.02 Å². The molecule has 2 aromatic rings. The first kappa shape index (κ1) is 11.3. The van der Waals surface area contributed by atoms with E-state index in [1.807, 2.05) is 0 Å². The minimum absolute atomic E-state index is 0.0633. The zero-order valence-electron chi connectivity index (χ0n) is 8.59. The second kappa shape index (κ2) is 4.80. The van der Waals surface area contributed by atoms with Gasteiger partial charge in [0.2, 0.25) is 0 Å². The minimum Gasteiger partial charge on any atom is -0.506 e. The van der Waals surface area contributed by atoms with Crippen molar-refractivity contribution in [2.24, 2.45) is 0 Å². The summed E-state index contributed by atoms with van der Waals surface area (Å²) in [6.45, 7) is 0. The lowest BCUT2D eigenvalue weighted by Gasteiger charge is -2.06. The second-order valence-corrected chi connectivity index (χ2v) is 3.64. The van der Waals surface area contributed by atoms with Gasteiger partial charge in [-0.3, -0.25) is 9.78 Å². The summed E-state index contributed by atoms with van der Waals surface area (Å²) in [5, 5.41) is 12.4. The molecule has 0 saturated heterocycles. The van der Waals surface area contributed by atoms with E-state index in [4.69, 9.17) is 11.6 Å². The Labute approximate surface area is 102 Å². The molecular formula is C11H8ClN3O2. The summed E-state index contributed by atoms with van der Waals surface area (Å²) in [7, 11) is 0. The first-order valence-corrected chi connectivity index (χ1v) is 5.10. The van der Waals surface area contributed by atoms with Crippen molar-refractivity contribution in [3.05, 3.63) is 47.5 Å². The Kier molecular flexibility index (Phi) is 3.20. The summed E-state index contributed by atoms with van der Waals surface area (Å²) in [5.74, 6) is -0.526. The number of aromatic hydroxyl groups is 1. The molecule has 0 atom stereocenters. The van der Waals surface area contributed by atoms with Crippen LogP contribution in [0.5, 0.6) is 5.75 Å². The van der Waals surface area contributed by atoms with E-state index in [0.717, 1.165) is 0 Å². The fraction of sp³-hybridized carbons (Fsp3) is 0. The number of anilines is 1. The van der Waals surface area contributed by atoms with Gasteiger partial charge in [0, 0.05) is 17.4 Å². The predicted molar refractivity (Wildman–Crippen MR) is 63.1 cm³/mol. The monoisotopic (exact) mass is 249 g/mol. The van der Waals surface area contributed by atoms with Crippen molar-refractivity contribution in [1.29, 1.82) is 0 Å². The molecule has 2 N–H and O–H groups in total. The normalized spacial score (nSPS) is 9.94. The number of phenolic OH excluding ortho intramolecular Hbond substituents is 1. The molecule has 86 valence electrons. The summed E-state index contributed by atoms with van der Waals surface area (Å²) in [5.41, 5.74) is 0.389. The van der Waals surface area contributed by atoms with Crippen molar-refractivity contribution in [1.82, 2.24) is 9.97 Å². The number of hydrogen-bond donors (Lipinski definition) is 2. The molecule has 2 rings (SSSR count). The number of nitrogens with zero attached hydrogens (tertiary/aromatic N) is 2. The van der Waals surface area contributed by atoms with Gasteiger partial charge in [-0.2, -0.15) is 0 Å². The van der Waals surface area contributed by atoms with E-state index >= 15 is 0 Å². The van der Waals surface area contributed by atoms with Gasteiger partial charge in [-0.15, -0.1) is 0 Å². The molecule has 0 spiro atoms. The van der Waals surface area contributed by atoms with Crippen LogP contribution in [0.25, 0.3) is 0 Å². The summed E-state index contributed by atoms with van der Waals surface area (Å²) < 4.78 is 0. The Bertz CT molecular complexity index is 546. The van der Waals surface area contributed by atoms with E-state index in [1.165, 1.54) is 36.8 Å². The van der Waals surface area contributed by atoms with Crippen LogP contribution in [0.3, 0.4) is 0 Å². The van der Waals surface area contributed by atoms with Gasteiger partial charge in [0.25, 0.3) is 5.91 Å². The number of benzene rings is 1. The van der Waals surface area contributed by atoms with E-state index in [9.17, 15) is 9.90 Å². The number of hydrogen-bond acceptors (Lipinski definition) is 4. The minimum atomic E-state index is -0.462. The molecule has 1 heterocycles. The van der Waals surface area contributed by atoms with Crippen molar-refractivity contribution in [3.63, 3.8) is 0 Å². The van der Waals surface area contributed by atoms with E-state index in [1.54, 1.807) is 0 Å². The highest BCUT2D eigenvalue weighted by Crippen LogP contribution is 2.26. The molecule has 0 unspecified atom stereocenters. The number of carbonyl (C=O) groups excluding carboxylic acids is 1. The van der Waals surface area contributed by atoms with Crippen molar-refractivity contribution in [2.45, 2.75) is 0 Å². The fourth-order valence-electron chi connectivity index (χ4n) is 1.21. The Morgan fingerprint density at radius 1 is 1.35 bits per heavy atom. The van der Waals surface area contributed by atoms with Gasteiger partial charge in [0.1, 0.15) is 11.4 Å². The van der Waals surface area contributed by atoms with Crippen LogP contribution in [-0.2, 0) is 0 Å². The summed E-state index contributed by atoms with van der Waals surface area (Å²) in [4.78, 5) is 19.3. The summed E-state index contributed by atoms with van der Waals surface area (Å²) >= 11 is 5.76. The van der Waals surface area contributed by atoms with Gasteiger partial charge in [-0.05, 0) is 18.2 Å². The topological polar surface area (TPSA) is 75.1 Å². The molecule has 1 aromatic heterocycles. The number of phenols is 1. The molecule has 0 aliphatic heterocycles. The first-order chi connectivity index (χ1) is 8.16. The zero-order chi connectivity index (χ0) is 12.3. The maximum Gasteiger partial charge on any atom is 0.275 e. The summed E-state index contributed by atoms with van der Waals surface area (Å²) in [6, 6.07) is 4.37. The van der Waals surface area contributed by atoms with E-state index < -0.39 is 5.91 Å². The highest BCUT2D eigenvalue weighted by Gasteiger charge is 2.10. The number of halogens is 1. The average molecular weight is 250 g/mol. The maximum atomic E-state index is 11.7. The largest absolute Gasteiger partial charge is 0.506 e. The number of amides is 1. The third-order valence-electron chi connectivity index (χ3n) is 2.00. The molecular weight excluding hydrogens is 242 g/mol. The number of aromatic nitrogens is 2. The Balaban J connectivity index is 2.22. The molecule has 1 amide bonds. The molecule has 0 aliphatic carbocycles. The number of carbonyl (C=O) groups is 1. The molecule has 0 fully saturated rings. The highest BCUT2D eigenvalue weighted by molar-refractivity contribution is 6.31. The van der Waals surface area contributed by atoms with Crippen LogP contribution in [0.1, 0.15) is 10.5 Å². The molecule has 5 nitrogen and oxygen atoms in total. The quantitative estimate of drug-likeness (QED) is 0.799. The zero-order valence-corrected chi connectivity index (χ0v) is 9.35. The van der Waals surface area contributed by atoms with E-state index in [-0.39, 0.29) is 17.1 Å². The SMILES string of the molecule is O=C(Nc1cc(Cl)ccc1O)c1cnccn1. The van der Waals surface area contributed by atoms with Gasteiger partial charge in [-0.25, -0.2) is 4.98 Å². The first-order valence-electron chi connectivity index (χ1n) is 4.72. The lowest BCUT2D eigenvalue weighted by atomic mass is 10.3. The van der Waals surface area contributed by atoms with Crippen LogP contribution in [0.15, 0.2) is 36.8 Å². The molecule has 0 bridgehead atoms. The molecule has 0 saturated carbocycles. The van der Waals surface area contributed by atoms with Crippen LogP contribution in [0, 0.1) is 0 Å². The maximum absolute atomic E-state index is 11.7. The van der Waals surface area contributed by atoms with Crippen molar-refractivity contribution < 1.29 is 9.90 Å². The Morgan fingerprint density at radius 3 is 2.88 bits per heavy atom. The Hall–Kier alpha value is -2.14. The molecule has 17 heavy (non-hydrogen) atoms. The van der Waals surface area contributed by atoms with Gasteiger partial charge < -0.3 is 10.4 Å². The van der Waals surface area contributed by atoms with Crippen LogP contribution < -0.4 is 5.32 Å². The van der Waals surface area contributed by atoms with Crippen LogP contribution in [-0.4, -0.2) is 21.0 Å². The molecule has 0 radical (unpaired) electrons. The van der Waals surface area contributed by atoms with E-state index in [2.05, 4.69) is 15.3 Å². The smallest absolute Gasteiger partial charge is 0.275 e. The van der Waals surface area contributed by atoms with Crippen LogP contribution in [0.4, 0.5) is 5.69 Å². The van der Waals surface area contributed by atoms with Crippen molar-refractivity contribution in [2.75, 3.05) is 5.32 Å². The highest BCUT2D eigenvalue weighted by atomic mass is 35.5. The molecule has 6 heteroatoms. The van der Waals surface area contributed by atoms with Crippen molar-refractivity contribution in [3.8, 4) is 5.75 Å². The van der Waals surface area contributed by atoms with Gasteiger partial charge in [-0.1, -0.05) is 11.6 Å². The van der Waals surface area contributed by atoms with Crippen molar-refractivity contribution >= 4 is 23.2 Å². The van der Waals surface area contributed by atoms with Gasteiger partial charge >= 0.3 is 0 Å². The van der Waals surface area contributed by atoms with Gasteiger partial charge in [0.15, 0.2) is 0 Å². The summed E-state index contributed by atoms with van der Waals surface area (Å²) in [6.07, 6.45) is 4.21. The molecule has 0 aliphatic rings. The fourth-order valence-corrected chi connectivity index (χ4v) is 1.38. The van der Waals surface area contributed by atoms with Gasteiger partial charge in [0.05, 0.1) is 11.9 Å². The average Bonchev–Trinajstić information content (AvgIpc) is 2.35. The van der Waals surface area contributed by atoms with E-state index in [0.29, 0.717) is 5.02 Å². The second-order valence-electron chi connectivity index (χ2n) is 3.21. The lowest BCUT2D eigenvalue weighted by molar-refractivity contribution is 0.102. The molecule has 1 aromatic carbocycles. The third-order valence-corrected chi connectivity index (χ3v) is 2.24. The number of nitrogens with one attached hydrogen (secondary N) is 1. The third kappa shape index (κ3) is 2.70. The lowest BCUT2D eigenvalue weighted by Crippen LogP contribution is -2.13. The standard InChI is InChI=1S/C11H8ClN3O2/c12-7-1-2-10(16)8(5-7)15-11(17)9-6-13-3-4-14-9/h1-6,16H,(H,15,17). The number of rotatable bonds is 2. The Morgan fingerprint density at radius 2 is 2.18 bits per heavy atom. The predicted octanol–water partition coefficient (Wildman–Crippen LogP) is 2.09. The van der Waals surface area contributed by atoms with Crippen LogP contribution >= 0.6 is 11.6 Å².